The second-order valence-electron chi connectivity index (χ2n) is 6.68. The van der Waals surface area contributed by atoms with E-state index in [-0.39, 0.29) is 5.91 Å². The first kappa shape index (κ1) is 18.7. The van der Waals surface area contributed by atoms with Crippen LogP contribution >= 0.6 is 0 Å². The van der Waals surface area contributed by atoms with Gasteiger partial charge in [0, 0.05) is 30.4 Å². The van der Waals surface area contributed by atoms with Crippen molar-refractivity contribution < 1.29 is 9.53 Å². The van der Waals surface area contributed by atoms with Gasteiger partial charge in [0.25, 0.3) is 0 Å². The lowest BCUT2D eigenvalue weighted by Crippen LogP contribution is -2.12. The molecule has 29 heavy (non-hydrogen) atoms. The van der Waals surface area contributed by atoms with E-state index in [1.54, 1.807) is 13.3 Å². The SMILES string of the molecule is COc1ccc(NC(=O)CCCc2nc3cccnc3n2-c2ccccc2)cc1. The van der Waals surface area contributed by atoms with Crippen LogP contribution in [-0.4, -0.2) is 27.6 Å². The van der Waals surface area contributed by atoms with Gasteiger partial charge in [0.15, 0.2) is 5.65 Å². The minimum Gasteiger partial charge on any atom is -0.497 e. The number of nitrogens with zero attached hydrogens (tertiary/aromatic N) is 3. The monoisotopic (exact) mass is 386 g/mol. The first-order chi connectivity index (χ1) is 14.2. The number of anilines is 1. The van der Waals surface area contributed by atoms with E-state index in [1.807, 2.05) is 66.7 Å². The summed E-state index contributed by atoms with van der Waals surface area (Å²) in [6.07, 6.45) is 3.56. The number of amides is 1. The average Bonchev–Trinajstić information content (AvgIpc) is 3.13. The van der Waals surface area contributed by atoms with E-state index >= 15 is 0 Å². The van der Waals surface area contributed by atoms with Crippen molar-refractivity contribution in [3.05, 3.63) is 78.8 Å². The number of hydrogen-bond donors (Lipinski definition) is 1. The van der Waals surface area contributed by atoms with Gasteiger partial charge in [0.2, 0.25) is 5.91 Å². The Bertz CT molecular complexity index is 1100. The molecule has 0 saturated carbocycles. The average molecular weight is 386 g/mol. The zero-order valence-electron chi connectivity index (χ0n) is 16.2. The zero-order valence-corrected chi connectivity index (χ0v) is 16.2. The van der Waals surface area contributed by atoms with Crippen molar-refractivity contribution in [2.75, 3.05) is 12.4 Å². The van der Waals surface area contributed by atoms with Crippen LogP contribution in [0.25, 0.3) is 16.9 Å². The fourth-order valence-corrected chi connectivity index (χ4v) is 3.28. The molecular weight excluding hydrogens is 364 g/mol. The molecule has 0 aliphatic rings. The number of para-hydroxylation sites is 1. The Hall–Kier alpha value is -3.67. The van der Waals surface area contributed by atoms with Crippen LogP contribution in [0.5, 0.6) is 5.75 Å². The molecule has 0 spiro atoms. The molecule has 0 aliphatic carbocycles. The van der Waals surface area contributed by atoms with Crippen LogP contribution in [0.2, 0.25) is 0 Å². The Balaban J connectivity index is 1.45. The smallest absolute Gasteiger partial charge is 0.224 e. The quantitative estimate of drug-likeness (QED) is 0.511. The van der Waals surface area contributed by atoms with E-state index in [9.17, 15) is 4.79 Å². The van der Waals surface area contributed by atoms with Crippen molar-refractivity contribution in [1.29, 1.82) is 0 Å². The molecule has 1 N–H and O–H groups in total. The highest BCUT2D eigenvalue weighted by molar-refractivity contribution is 5.90. The Morgan fingerprint density at radius 2 is 1.83 bits per heavy atom. The third-order valence-corrected chi connectivity index (χ3v) is 4.68. The van der Waals surface area contributed by atoms with Crippen LogP contribution < -0.4 is 10.1 Å². The number of rotatable bonds is 7. The lowest BCUT2D eigenvalue weighted by atomic mass is 10.2. The molecule has 4 rings (SSSR count). The number of carbonyl (C=O) groups is 1. The highest BCUT2D eigenvalue weighted by Crippen LogP contribution is 2.21. The fraction of sp³-hybridized carbons (Fsp3) is 0.174. The van der Waals surface area contributed by atoms with Crippen molar-refractivity contribution in [2.45, 2.75) is 19.3 Å². The normalized spacial score (nSPS) is 10.8. The first-order valence-electron chi connectivity index (χ1n) is 9.56. The van der Waals surface area contributed by atoms with Gasteiger partial charge in [-0.3, -0.25) is 9.36 Å². The lowest BCUT2D eigenvalue weighted by Gasteiger charge is -2.09. The van der Waals surface area contributed by atoms with Gasteiger partial charge in [-0.05, 0) is 55.0 Å². The van der Waals surface area contributed by atoms with Gasteiger partial charge in [-0.15, -0.1) is 0 Å². The van der Waals surface area contributed by atoms with Crippen LogP contribution in [-0.2, 0) is 11.2 Å². The summed E-state index contributed by atoms with van der Waals surface area (Å²) in [5.41, 5.74) is 3.47. The number of pyridine rings is 1. The summed E-state index contributed by atoms with van der Waals surface area (Å²) in [6.45, 7) is 0. The van der Waals surface area contributed by atoms with Crippen LogP contribution in [0.3, 0.4) is 0 Å². The van der Waals surface area contributed by atoms with E-state index in [0.29, 0.717) is 19.3 Å². The summed E-state index contributed by atoms with van der Waals surface area (Å²) in [5.74, 6) is 1.65. The van der Waals surface area contributed by atoms with E-state index in [4.69, 9.17) is 9.72 Å². The highest BCUT2D eigenvalue weighted by Gasteiger charge is 2.13. The number of aryl methyl sites for hydroxylation is 1. The van der Waals surface area contributed by atoms with E-state index in [2.05, 4.69) is 14.9 Å². The van der Waals surface area contributed by atoms with E-state index in [1.165, 1.54) is 0 Å². The molecule has 0 bridgehead atoms. The number of aromatic nitrogens is 3. The van der Waals surface area contributed by atoms with Crippen molar-refractivity contribution in [3.8, 4) is 11.4 Å². The lowest BCUT2D eigenvalue weighted by molar-refractivity contribution is -0.116. The molecule has 0 atom stereocenters. The standard InChI is InChI=1S/C23H22N4O2/c1-29-19-14-12-17(13-15-19)25-22(28)11-5-10-21-26-20-9-6-16-24-23(20)27(21)18-7-3-2-4-8-18/h2-4,6-9,12-16H,5,10-11H2,1H3,(H,25,28). The molecule has 4 aromatic rings. The maximum absolute atomic E-state index is 12.3. The second kappa shape index (κ2) is 8.56. The summed E-state index contributed by atoms with van der Waals surface area (Å²) in [5, 5.41) is 2.92. The molecule has 2 aromatic carbocycles. The van der Waals surface area contributed by atoms with Crippen LogP contribution in [0.15, 0.2) is 72.9 Å². The second-order valence-corrected chi connectivity index (χ2v) is 6.68. The summed E-state index contributed by atoms with van der Waals surface area (Å²) >= 11 is 0. The number of benzene rings is 2. The maximum Gasteiger partial charge on any atom is 0.224 e. The Morgan fingerprint density at radius 1 is 1.03 bits per heavy atom. The van der Waals surface area contributed by atoms with Gasteiger partial charge in [-0.1, -0.05) is 18.2 Å². The Labute approximate surface area is 169 Å². The molecule has 0 saturated heterocycles. The van der Waals surface area contributed by atoms with Crippen molar-refractivity contribution >= 4 is 22.8 Å². The van der Waals surface area contributed by atoms with Crippen molar-refractivity contribution in [1.82, 2.24) is 14.5 Å². The van der Waals surface area contributed by atoms with Crippen LogP contribution in [0.4, 0.5) is 5.69 Å². The minimum absolute atomic E-state index is 0.0179. The molecule has 2 heterocycles. The summed E-state index contributed by atoms with van der Waals surface area (Å²) in [4.78, 5) is 21.5. The Kier molecular flexibility index (Phi) is 5.52. The highest BCUT2D eigenvalue weighted by atomic mass is 16.5. The van der Waals surface area contributed by atoms with Gasteiger partial charge >= 0.3 is 0 Å². The third-order valence-electron chi connectivity index (χ3n) is 4.68. The number of carbonyl (C=O) groups excluding carboxylic acids is 1. The van der Waals surface area contributed by atoms with Gasteiger partial charge in [-0.2, -0.15) is 0 Å². The van der Waals surface area contributed by atoms with Crippen molar-refractivity contribution in [3.63, 3.8) is 0 Å². The summed E-state index contributed by atoms with van der Waals surface area (Å²) < 4.78 is 7.20. The molecule has 146 valence electrons. The fourth-order valence-electron chi connectivity index (χ4n) is 3.28. The topological polar surface area (TPSA) is 69.0 Å². The van der Waals surface area contributed by atoms with Crippen molar-refractivity contribution in [2.24, 2.45) is 0 Å². The summed E-state index contributed by atoms with van der Waals surface area (Å²) in [6, 6.07) is 21.2. The molecule has 2 aromatic heterocycles. The molecule has 0 unspecified atom stereocenters. The van der Waals surface area contributed by atoms with Gasteiger partial charge in [-0.25, -0.2) is 9.97 Å². The predicted octanol–water partition coefficient (Wildman–Crippen LogP) is 4.39. The number of fused-ring (bicyclic) bond motifs is 1. The van der Waals surface area contributed by atoms with E-state index < -0.39 is 0 Å². The molecule has 1 amide bonds. The number of imidazole rings is 1. The maximum atomic E-state index is 12.3. The number of hydrogen-bond acceptors (Lipinski definition) is 4. The predicted molar refractivity (Wildman–Crippen MR) is 113 cm³/mol. The largest absolute Gasteiger partial charge is 0.497 e. The summed E-state index contributed by atoms with van der Waals surface area (Å²) in [7, 11) is 1.62. The van der Waals surface area contributed by atoms with Gasteiger partial charge < -0.3 is 10.1 Å². The van der Waals surface area contributed by atoms with E-state index in [0.717, 1.165) is 34.1 Å². The zero-order chi connectivity index (χ0) is 20.1. The van der Waals surface area contributed by atoms with Crippen LogP contribution in [0.1, 0.15) is 18.7 Å². The minimum atomic E-state index is -0.0179. The molecule has 6 nitrogen and oxygen atoms in total. The number of nitrogens with one attached hydrogen (secondary N) is 1. The van der Waals surface area contributed by atoms with Gasteiger partial charge in [0.05, 0.1) is 7.11 Å². The third kappa shape index (κ3) is 4.27. The molecular formula is C23H22N4O2. The van der Waals surface area contributed by atoms with Gasteiger partial charge in [0.1, 0.15) is 17.1 Å². The molecule has 0 fully saturated rings. The molecule has 6 heteroatoms. The number of ether oxygens (including phenoxy) is 1. The number of methoxy groups -OCH3 is 1. The first-order valence-corrected chi connectivity index (χ1v) is 9.56. The molecule has 0 radical (unpaired) electrons. The Morgan fingerprint density at radius 3 is 2.59 bits per heavy atom. The molecule has 0 aliphatic heterocycles. The van der Waals surface area contributed by atoms with Crippen LogP contribution in [0, 0.1) is 0 Å².